The quantitative estimate of drug-likeness (QED) is 0.636. The van der Waals surface area contributed by atoms with Gasteiger partial charge in [0.15, 0.2) is 0 Å². The van der Waals surface area contributed by atoms with Crippen molar-refractivity contribution in [3.05, 3.63) is 60.7 Å². The van der Waals surface area contributed by atoms with Crippen LogP contribution in [0.15, 0.2) is 60.1 Å². The predicted molar refractivity (Wildman–Crippen MR) is 85.2 cm³/mol. The molecule has 2 rings (SSSR count). The van der Waals surface area contributed by atoms with Crippen molar-refractivity contribution in [3.63, 3.8) is 0 Å². The Bertz CT molecular complexity index is 623. The fourth-order valence-electron chi connectivity index (χ4n) is 2.11. The first kappa shape index (κ1) is 13.6. The van der Waals surface area contributed by atoms with Crippen molar-refractivity contribution in [2.45, 2.75) is 13.8 Å². The highest BCUT2D eigenvalue weighted by Gasteiger charge is 2.10. The number of hydrogen-bond acceptors (Lipinski definition) is 1. The summed E-state index contributed by atoms with van der Waals surface area (Å²) in [5.74, 6) is 0. The van der Waals surface area contributed by atoms with Crippen LogP contribution >= 0.6 is 11.6 Å². The molecule has 0 saturated carbocycles. The van der Waals surface area contributed by atoms with Gasteiger partial charge in [-0.3, -0.25) is 0 Å². The number of rotatable bonds is 3. The molecule has 0 aliphatic rings. The fraction of sp³-hybridized carbons (Fsp3) is 0.118. The standard InChI is InChI=1S/C17H16ClN/c1-12(2)17-15(14-8-5-4-6-9-14)10-7-11-16(17)19-13(3)18/h4-11H,1H2,2-3H3/b19-13+. The number of benzene rings is 2. The summed E-state index contributed by atoms with van der Waals surface area (Å²) in [6, 6.07) is 16.3. The second kappa shape index (κ2) is 5.85. The van der Waals surface area contributed by atoms with E-state index in [2.05, 4.69) is 29.8 Å². The van der Waals surface area contributed by atoms with Gasteiger partial charge in [-0.2, -0.15) is 0 Å². The summed E-state index contributed by atoms with van der Waals surface area (Å²) in [5.41, 5.74) is 5.18. The molecular weight excluding hydrogens is 254 g/mol. The molecule has 96 valence electrons. The summed E-state index contributed by atoms with van der Waals surface area (Å²) in [5, 5.41) is 0.521. The summed E-state index contributed by atoms with van der Waals surface area (Å²) in [4.78, 5) is 4.39. The molecule has 0 bridgehead atoms. The van der Waals surface area contributed by atoms with E-state index >= 15 is 0 Å². The van der Waals surface area contributed by atoms with Gasteiger partial charge in [0, 0.05) is 5.56 Å². The maximum atomic E-state index is 5.91. The SMILES string of the molecule is C=C(C)c1c(/N=C(\C)Cl)cccc1-c1ccccc1. The van der Waals surface area contributed by atoms with E-state index in [-0.39, 0.29) is 0 Å². The molecule has 1 nitrogen and oxygen atoms in total. The molecule has 0 N–H and O–H groups in total. The maximum absolute atomic E-state index is 5.91. The molecule has 0 amide bonds. The lowest BCUT2D eigenvalue weighted by Crippen LogP contribution is -1.88. The Balaban J connectivity index is 2.69. The molecule has 0 aromatic heterocycles. The normalized spacial score (nSPS) is 11.4. The third kappa shape index (κ3) is 3.12. The van der Waals surface area contributed by atoms with Crippen molar-refractivity contribution in [3.8, 4) is 11.1 Å². The molecule has 0 spiro atoms. The van der Waals surface area contributed by atoms with Crippen LogP contribution in [-0.4, -0.2) is 5.17 Å². The van der Waals surface area contributed by atoms with Crippen molar-refractivity contribution in [1.29, 1.82) is 0 Å². The molecule has 0 aliphatic heterocycles. The Morgan fingerprint density at radius 1 is 1.00 bits per heavy atom. The van der Waals surface area contributed by atoms with Gasteiger partial charge in [-0.25, -0.2) is 4.99 Å². The topological polar surface area (TPSA) is 12.4 Å². The Morgan fingerprint density at radius 2 is 1.68 bits per heavy atom. The van der Waals surface area contributed by atoms with Crippen molar-refractivity contribution in [2.24, 2.45) is 4.99 Å². The molecule has 2 heteroatoms. The predicted octanol–water partition coefficient (Wildman–Crippen LogP) is 5.68. The number of allylic oxidation sites excluding steroid dienone is 1. The highest BCUT2D eigenvalue weighted by molar-refractivity contribution is 6.65. The van der Waals surface area contributed by atoms with Gasteiger partial charge in [-0.05, 0) is 36.6 Å². The Labute approximate surface area is 119 Å². The van der Waals surface area contributed by atoms with E-state index in [1.165, 1.54) is 0 Å². The van der Waals surface area contributed by atoms with E-state index in [0.717, 1.165) is 28.0 Å². The van der Waals surface area contributed by atoms with Gasteiger partial charge >= 0.3 is 0 Å². The average Bonchev–Trinajstić information content (AvgIpc) is 2.38. The zero-order chi connectivity index (χ0) is 13.8. The van der Waals surface area contributed by atoms with E-state index in [1.54, 1.807) is 6.92 Å². The summed E-state index contributed by atoms with van der Waals surface area (Å²) >= 11 is 5.91. The van der Waals surface area contributed by atoms with E-state index in [9.17, 15) is 0 Å². The molecule has 0 unspecified atom stereocenters. The van der Waals surface area contributed by atoms with Gasteiger partial charge in [0.2, 0.25) is 0 Å². The lowest BCUT2D eigenvalue weighted by molar-refractivity contribution is 1.46. The van der Waals surface area contributed by atoms with Crippen LogP contribution in [-0.2, 0) is 0 Å². The van der Waals surface area contributed by atoms with Crippen molar-refractivity contribution >= 4 is 28.0 Å². The van der Waals surface area contributed by atoms with Crippen LogP contribution in [0, 0.1) is 0 Å². The highest BCUT2D eigenvalue weighted by Crippen LogP contribution is 2.35. The van der Waals surface area contributed by atoms with Gasteiger partial charge in [0.25, 0.3) is 0 Å². The molecular formula is C17H16ClN. The molecule has 0 fully saturated rings. The van der Waals surface area contributed by atoms with Gasteiger partial charge in [-0.15, -0.1) is 0 Å². The van der Waals surface area contributed by atoms with Crippen LogP contribution in [0.2, 0.25) is 0 Å². The first-order valence-electron chi connectivity index (χ1n) is 6.14. The molecule has 0 aliphatic carbocycles. The summed E-state index contributed by atoms with van der Waals surface area (Å²) in [6.07, 6.45) is 0. The van der Waals surface area contributed by atoms with Gasteiger partial charge in [-0.1, -0.05) is 60.6 Å². The lowest BCUT2D eigenvalue weighted by atomic mass is 9.94. The second-order valence-corrected chi connectivity index (χ2v) is 5.00. The lowest BCUT2D eigenvalue weighted by Gasteiger charge is -2.12. The van der Waals surface area contributed by atoms with Gasteiger partial charge in [0.1, 0.15) is 5.17 Å². The zero-order valence-electron chi connectivity index (χ0n) is 11.2. The zero-order valence-corrected chi connectivity index (χ0v) is 11.9. The number of hydrogen-bond donors (Lipinski definition) is 0. The Kier molecular flexibility index (Phi) is 4.18. The van der Waals surface area contributed by atoms with Crippen LogP contribution in [0.1, 0.15) is 19.4 Å². The molecule has 19 heavy (non-hydrogen) atoms. The summed E-state index contributed by atoms with van der Waals surface area (Å²) < 4.78 is 0. The van der Waals surface area contributed by atoms with E-state index < -0.39 is 0 Å². The minimum absolute atomic E-state index is 0.521. The molecule has 0 radical (unpaired) electrons. The molecule has 0 saturated heterocycles. The van der Waals surface area contributed by atoms with Crippen LogP contribution in [0.5, 0.6) is 0 Å². The smallest absolute Gasteiger partial charge is 0.103 e. The van der Waals surface area contributed by atoms with E-state index in [1.807, 2.05) is 37.3 Å². The minimum Gasteiger partial charge on any atom is -0.241 e. The fourth-order valence-corrected chi connectivity index (χ4v) is 2.20. The van der Waals surface area contributed by atoms with Crippen LogP contribution in [0.3, 0.4) is 0 Å². The molecule has 0 atom stereocenters. The average molecular weight is 270 g/mol. The van der Waals surface area contributed by atoms with Crippen molar-refractivity contribution in [2.75, 3.05) is 0 Å². The number of nitrogens with zero attached hydrogens (tertiary/aromatic N) is 1. The summed E-state index contributed by atoms with van der Waals surface area (Å²) in [7, 11) is 0. The second-order valence-electron chi connectivity index (χ2n) is 4.45. The van der Waals surface area contributed by atoms with E-state index in [0.29, 0.717) is 5.17 Å². The van der Waals surface area contributed by atoms with Crippen LogP contribution < -0.4 is 0 Å². The monoisotopic (exact) mass is 269 g/mol. The molecule has 2 aromatic rings. The highest BCUT2D eigenvalue weighted by atomic mass is 35.5. The number of aliphatic imine (C=N–C) groups is 1. The minimum atomic E-state index is 0.521. The van der Waals surface area contributed by atoms with Crippen molar-refractivity contribution < 1.29 is 0 Å². The number of halogens is 1. The maximum Gasteiger partial charge on any atom is 0.103 e. The summed E-state index contributed by atoms with van der Waals surface area (Å²) in [6.45, 7) is 7.83. The molecule has 2 aromatic carbocycles. The third-order valence-electron chi connectivity index (χ3n) is 2.83. The van der Waals surface area contributed by atoms with E-state index in [4.69, 9.17) is 11.6 Å². The van der Waals surface area contributed by atoms with Crippen LogP contribution in [0.25, 0.3) is 16.7 Å². The largest absolute Gasteiger partial charge is 0.241 e. The van der Waals surface area contributed by atoms with Crippen molar-refractivity contribution in [1.82, 2.24) is 0 Å². The molecule has 0 heterocycles. The first-order chi connectivity index (χ1) is 9.09. The van der Waals surface area contributed by atoms with Gasteiger partial charge < -0.3 is 0 Å². The Morgan fingerprint density at radius 3 is 2.26 bits per heavy atom. The van der Waals surface area contributed by atoms with Crippen LogP contribution in [0.4, 0.5) is 5.69 Å². The third-order valence-corrected chi connectivity index (χ3v) is 2.91. The Hall–Kier alpha value is -1.86. The van der Waals surface area contributed by atoms with Gasteiger partial charge in [0.05, 0.1) is 5.69 Å². The first-order valence-corrected chi connectivity index (χ1v) is 6.52.